The van der Waals surface area contributed by atoms with Crippen LogP contribution < -0.4 is 0 Å². The van der Waals surface area contributed by atoms with Crippen molar-refractivity contribution < 1.29 is 9.53 Å². The SMILES string of the molecule is O=C(c1ccccc1)N1CCC(Cn2ccc3cc(-c4cnn(C5CCCCO5)c4)ccc32)C1. The Bertz CT molecular complexity index is 1290. The first kappa shape index (κ1) is 21.2. The molecule has 2 aliphatic rings. The van der Waals surface area contributed by atoms with Gasteiger partial charge < -0.3 is 14.2 Å². The van der Waals surface area contributed by atoms with Crippen LogP contribution in [0.2, 0.25) is 0 Å². The number of ether oxygens (including phenoxy) is 1. The van der Waals surface area contributed by atoms with Crippen LogP contribution in [0.3, 0.4) is 0 Å². The molecule has 174 valence electrons. The predicted molar refractivity (Wildman–Crippen MR) is 132 cm³/mol. The number of carbonyl (C=O) groups is 1. The van der Waals surface area contributed by atoms with Crippen LogP contribution >= 0.6 is 0 Å². The van der Waals surface area contributed by atoms with E-state index in [1.807, 2.05) is 46.1 Å². The summed E-state index contributed by atoms with van der Waals surface area (Å²) >= 11 is 0. The van der Waals surface area contributed by atoms with Gasteiger partial charge in [-0.1, -0.05) is 24.3 Å². The molecule has 4 heterocycles. The van der Waals surface area contributed by atoms with E-state index in [-0.39, 0.29) is 12.1 Å². The van der Waals surface area contributed by atoms with Crippen LogP contribution in [0.4, 0.5) is 0 Å². The van der Waals surface area contributed by atoms with Gasteiger partial charge in [0.1, 0.15) is 6.23 Å². The number of nitrogens with zero attached hydrogens (tertiary/aromatic N) is 4. The minimum atomic E-state index is 0.0621. The minimum Gasteiger partial charge on any atom is -0.357 e. The van der Waals surface area contributed by atoms with E-state index < -0.39 is 0 Å². The van der Waals surface area contributed by atoms with Gasteiger partial charge in [-0.25, -0.2) is 4.68 Å². The lowest BCUT2D eigenvalue weighted by atomic mass is 10.1. The fraction of sp³-hybridized carbons (Fsp3) is 0.357. The van der Waals surface area contributed by atoms with Crippen LogP contribution in [0.1, 0.15) is 42.3 Å². The summed E-state index contributed by atoms with van der Waals surface area (Å²) in [6, 6.07) is 18.4. The maximum absolute atomic E-state index is 12.8. The highest BCUT2D eigenvalue weighted by atomic mass is 16.5. The fourth-order valence-electron chi connectivity index (χ4n) is 5.32. The number of aromatic nitrogens is 3. The molecule has 2 atom stereocenters. The van der Waals surface area contributed by atoms with Crippen molar-refractivity contribution in [2.75, 3.05) is 19.7 Å². The van der Waals surface area contributed by atoms with Gasteiger partial charge in [0.05, 0.1) is 6.20 Å². The number of carbonyl (C=O) groups excluding carboxylic acids is 1. The van der Waals surface area contributed by atoms with E-state index in [9.17, 15) is 4.79 Å². The van der Waals surface area contributed by atoms with Gasteiger partial charge >= 0.3 is 0 Å². The zero-order valence-corrected chi connectivity index (χ0v) is 19.3. The van der Waals surface area contributed by atoms with E-state index in [1.54, 1.807) is 0 Å². The Balaban J connectivity index is 1.14. The lowest BCUT2D eigenvalue weighted by Crippen LogP contribution is -2.29. The molecule has 0 radical (unpaired) electrons. The van der Waals surface area contributed by atoms with Crippen molar-refractivity contribution in [3.05, 3.63) is 78.8 Å². The van der Waals surface area contributed by atoms with Gasteiger partial charge in [-0.2, -0.15) is 5.10 Å². The van der Waals surface area contributed by atoms with Crippen LogP contribution in [-0.4, -0.2) is 44.9 Å². The van der Waals surface area contributed by atoms with E-state index in [0.29, 0.717) is 5.92 Å². The van der Waals surface area contributed by atoms with Crippen molar-refractivity contribution in [3.63, 3.8) is 0 Å². The molecule has 0 spiro atoms. The minimum absolute atomic E-state index is 0.0621. The number of rotatable bonds is 5. The molecule has 6 nitrogen and oxygen atoms in total. The lowest BCUT2D eigenvalue weighted by Gasteiger charge is -2.22. The number of benzene rings is 2. The Morgan fingerprint density at radius 3 is 2.79 bits per heavy atom. The fourth-order valence-corrected chi connectivity index (χ4v) is 5.32. The maximum Gasteiger partial charge on any atom is 0.253 e. The van der Waals surface area contributed by atoms with Crippen LogP contribution in [0.5, 0.6) is 0 Å². The third-order valence-electron chi connectivity index (χ3n) is 7.21. The smallest absolute Gasteiger partial charge is 0.253 e. The second-order valence-corrected chi connectivity index (χ2v) is 9.54. The lowest BCUT2D eigenvalue weighted by molar-refractivity contribution is -0.0394. The standard InChI is InChI=1S/C28H30N4O2/c33-28(22-6-2-1-3-7-22)31-13-11-21(19-31)18-30-14-12-24-16-23(9-10-26(24)30)25-17-29-32(20-25)27-8-4-5-15-34-27/h1-3,6-7,9-10,12,14,16-17,20-21,27H,4-5,8,11,13,15,18-19H2. The van der Waals surface area contributed by atoms with E-state index >= 15 is 0 Å². The molecule has 2 aliphatic heterocycles. The molecule has 0 N–H and O–H groups in total. The van der Waals surface area contributed by atoms with Gasteiger partial charge in [-0.3, -0.25) is 4.79 Å². The number of amides is 1. The summed E-state index contributed by atoms with van der Waals surface area (Å²) in [7, 11) is 0. The summed E-state index contributed by atoms with van der Waals surface area (Å²) in [6.07, 6.45) is 10.7. The first-order valence-corrected chi connectivity index (χ1v) is 12.3. The van der Waals surface area contributed by atoms with Gasteiger partial charge in [-0.05, 0) is 67.5 Å². The molecular formula is C28H30N4O2. The van der Waals surface area contributed by atoms with Crippen molar-refractivity contribution in [1.29, 1.82) is 0 Å². The summed E-state index contributed by atoms with van der Waals surface area (Å²) in [5.74, 6) is 0.612. The summed E-state index contributed by atoms with van der Waals surface area (Å²) < 4.78 is 10.2. The monoisotopic (exact) mass is 454 g/mol. The summed E-state index contributed by atoms with van der Waals surface area (Å²) in [6.45, 7) is 3.39. The van der Waals surface area contributed by atoms with Crippen molar-refractivity contribution in [3.8, 4) is 11.1 Å². The first-order chi connectivity index (χ1) is 16.7. The molecule has 2 fully saturated rings. The Labute approximate surface area is 199 Å². The molecule has 2 aromatic carbocycles. The molecule has 2 aromatic heterocycles. The van der Waals surface area contributed by atoms with Crippen molar-refractivity contribution >= 4 is 16.8 Å². The Kier molecular flexibility index (Phi) is 5.67. The highest BCUT2D eigenvalue weighted by molar-refractivity contribution is 5.94. The molecule has 1 amide bonds. The van der Waals surface area contributed by atoms with E-state index in [0.717, 1.165) is 56.6 Å². The van der Waals surface area contributed by atoms with Crippen LogP contribution in [0.25, 0.3) is 22.0 Å². The zero-order valence-electron chi connectivity index (χ0n) is 19.3. The topological polar surface area (TPSA) is 52.3 Å². The number of hydrogen-bond acceptors (Lipinski definition) is 3. The number of fused-ring (bicyclic) bond motifs is 1. The van der Waals surface area contributed by atoms with E-state index in [1.165, 1.54) is 22.9 Å². The van der Waals surface area contributed by atoms with Crippen molar-refractivity contribution in [1.82, 2.24) is 19.2 Å². The molecular weight excluding hydrogens is 424 g/mol. The van der Waals surface area contributed by atoms with Gasteiger partial charge in [0.25, 0.3) is 5.91 Å². The highest BCUT2D eigenvalue weighted by Crippen LogP contribution is 2.29. The Morgan fingerprint density at radius 2 is 1.94 bits per heavy atom. The molecule has 4 aromatic rings. The Morgan fingerprint density at radius 1 is 1.03 bits per heavy atom. The molecule has 0 saturated carbocycles. The van der Waals surface area contributed by atoms with Crippen molar-refractivity contribution in [2.45, 2.75) is 38.5 Å². The maximum atomic E-state index is 12.8. The van der Waals surface area contributed by atoms with Crippen LogP contribution in [0.15, 0.2) is 73.2 Å². The normalized spacial score (nSPS) is 20.8. The highest BCUT2D eigenvalue weighted by Gasteiger charge is 2.27. The summed E-state index contributed by atoms with van der Waals surface area (Å²) in [5.41, 5.74) is 4.31. The molecule has 2 saturated heterocycles. The third kappa shape index (κ3) is 4.14. The van der Waals surface area contributed by atoms with Gasteiger partial charge in [0.2, 0.25) is 0 Å². The Hall–Kier alpha value is -3.38. The van der Waals surface area contributed by atoms with E-state index in [2.05, 4.69) is 46.3 Å². The zero-order chi connectivity index (χ0) is 22.9. The van der Waals surface area contributed by atoms with Gasteiger partial charge in [0.15, 0.2) is 0 Å². The van der Waals surface area contributed by atoms with Crippen LogP contribution in [0, 0.1) is 5.92 Å². The second-order valence-electron chi connectivity index (χ2n) is 9.54. The quantitative estimate of drug-likeness (QED) is 0.408. The van der Waals surface area contributed by atoms with E-state index in [4.69, 9.17) is 4.74 Å². The summed E-state index contributed by atoms with van der Waals surface area (Å²) in [5, 5.41) is 5.80. The molecule has 0 aliphatic carbocycles. The molecule has 6 heteroatoms. The second kappa shape index (κ2) is 9.11. The van der Waals surface area contributed by atoms with Crippen molar-refractivity contribution in [2.24, 2.45) is 5.92 Å². The predicted octanol–water partition coefficient (Wildman–Crippen LogP) is 5.37. The third-order valence-corrected chi connectivity index (χ3v) is 7.21. The largest absolute Gasteiger partial charge is 0.357 e. The average molecular weight is 455 g/mol. The molecule has 0 bridgehead atoms. The molecule has 6 rings (SSSR count). The first-order valence-electron chi connectivity index (χ1n) is 12.3. The van der Waals surface area contributed by atoms with Crippen LogP contribution in [-0.2, 0) is 11.3 Å². The molecule has 2 unspecified atom stereocenters. The average Bonchev–Trinajstić information content (AvgIpc) is 3.65. The molecule has 34 heavy (non-hydrogen) atoms. The van der Waals surface area contributed by atoms with Gasteiger partial charge in [0, 0.05) is 60.7 Å². The summed E-state index contributed by atoms with van der Waals surface area (Å²) in [4.78, 5) is 14.8. The van der Waals surface area contributed by atoms with Gasteiger partial charge in [-0.15, -0.1) is 0 Å². The number of likely N-dealkylation sites (tertiary alicyclic amines) is 1. The number of hydrogen-bond donors (Lipinski definition) is 0.